The summed E-state index contributed by atoms with van der Waals surface area (Å²) in [6, 6.07) is 6.25. The van der Waals surface area contributed by atoms with Crippen molar-refractivity contribution < 1.29 is 18.3 Å². The maximum absolute atomic E-state index is 12.6. The maximum Gasteiger partial charge on any atom is 0.416 e. The highest BCUT2D eigenvalue weighted by atomic mass is 19.4. The number of nitrogens with zero attached hydrogens (tertiary/aromatic N) is 3. The Morgan fingerprint density at radius 2 is 1.83 bits per heavy atom. The Labute approximate surface area is 129 Å². The molecule has 0 bridgehead atoms. The van der Waals surface area contributed by atoms with Crippen LogP contribution in [0.15, 0.2) is 24.3 Å². The van der Waals surface area contributed by atoms with Gasteiger partial charge in [0.15, 0.2) is 0 Å². The second-order valence-electron chi connectivity index (χ2n) is 5.20. The smallest absolute Gasteiger partial charge is 0.416 e. The van der Waals surface area contributed by atoms with E-state index in [1.807, 2.05) is 0 Å². The van der Waals surface area contributed by atoms with Crippen molar-refractivity contribution >= 4 is 5.95 Å². The van der Waals surface area contributed by atoms with Gasteiger partial charge in [0.1, 0.15) is 11.6 Å². The van der Waals surface area contributed by atoms with E-state index in [-0.39, 0.29) is 23.2 Å². The van der Waals surface area contributed by atoms with E-state index in [9.17, 15) is 18.3 Å². The zero-order valence-electron chi connectivity index (χ0n) is 11.7. The maximum atomic E-state index is 12.6. The van der Waals surface area contributed by atoms with Gasteiger partial charge in [-0.15, -0.1) is 0 Å². The predicted molar refractivity (Wildman–Crippen MR) is 75.5 cm³/mol. The minimum absolute atomic E-state index is 0.0943. The number of alkyl halides is 3. The van der Waals surface area contributed by atoms with Crippen LogP contribution in [0, 0.1) is 11.3 Å². The first-order valence-corrected chi connectivity index (χ1v) is 6.84. The largest absolute Gasteiger partial charge is 0.492 e. The molecule has 1 aromatic carbocycles. The molecule has 0 amide bonds. The molecule has 3 rings (SSSR count). The lowest BCUT2D eigenvalue weighted by Crippen LogP contribution is -2.07. The second kappa shape index (κ2) is 5.43. The molecule has 0 unspecified atom stereocenters. The van der Waals surface area contributed by atoms with Gasteiger partial charge in [-0.2, -0.15) is 23.4 Å². The molecule has 2 N–H and O–H groups in total. The number of benzene rings is 1. The average Bonchev–Trinajstić information content (AvgIpc) is 3.30. The van der Waals surface area contributed by atoms with Gasteiger partial charge in [0.2, 0.25) is 11.8 Å². The number of hydrogen-bond acceptors (Lipinski definition) is 5. The van der Waals surface area contributed by atoms with Gasteiger partial charge >= 0.3 is 6.18 Å². The van der Waals surface area contributed by atoms with E-state index in [1.165, 1.54) is 12.1 Å². The standard InChI is InChI=1S/C15H11F3N4O/c16-15(17,18)9-3-1-8(2-4-9)12-11(7-19)13(23)22-14(21-12)20-10-5-6-10/h1-4,10H,5-6H2,(H2,20,21,22,23). The van der Waals surface area contributed by atoms with Gasteiger partial charge in [-0.25, -0.2) is 4.98 Å². The Balaban J connectivity index is 2.03. The van der Waals surface area contributed by atoms with Crippen molar-refractivity contribution in [1.29, 1.82) is 5.26 Å². The zero-order chi connectivity index (χ0) is 16.6. The van der Waals surface area contributed by atoms with Crippen molar-refractivity contribution in [1.82, 2.24) is 9.97 Å². The zero-order valence-corrected chi connectivity index (χ0v) is 11.7. The summed E-state index contributed by atoms with van der Waals surface area (Å²) in [6.45, 7) is 0. The second-order valence-corrected chi connectivity index (χ2v) is 5.20. The normalized spacial score (nSPS) is 14.3. The van der Waals surface area contributed by atoms with Gasteiger partial charge in [-0.1, -0.05) is 12.1 Å². The molecule has 0 saturated heterocycles. The molecular weight excluding hydrogens is 309 g/mol. The molecule has 1 aliphatic carbocycles. The Morgan fingerprint density at radius 3 is 2.35 bits per heavy atom. The fraction of sp³-hybridized carbons (Fsp3) is 0.267. The van der Waals surface area contributed by atoms with Gasteiger partial charge < -0.3 is 10.4 Å². The van der Waals surface area contributed by atoms with Crippen LogP contribution < -0.4 is 5.32 Å². The molecule has 1 aliphatic rings. The van der Waals surface area contributed by atoms with Crippen molar-refractivity contribution in [2.45, 2.75) is 25.1 Å². The lowest BCUT2D eigenvalue weighted by atomic mass is 10.1. The Hall–Kier alpha value is -2.82. The van der Waals surface area contributed by atoms with E-state index >= 15 is 0 Å². The third-order valence-electron chi connectivity index (χ3n) is 3.40. The fourth-order valence-corrected chi connectivity index (χ4v) is 2.05. The molecule has 0 spiro atoms. The van der Waals surface area contributed by atoms with Crippen LogP contribution in [-0.2, 0) is 6.18 Å². The third-order valence-corrected chi connectivity index (χ3v) is 3.40. The van der Waals surface area contributed by atoms with Gasteiger partial charge in [-0.05, 0) is 25.0 Å². The van der Waals surface area contributed by atoms with Crippen LogP contribution in [0.25, 0.3) is 11.3 Å². The topological polar surface area (TPSA) is 81.8 Å². The van der Waals surface area contributed by atoms with Crippen molar-refractivity contribution in [2.75, 3.05) is 5.32 Å². The monoisotopic (exact) mass is 320 g/mol. The lowest BCUT2D eigenvalue weighted by molar-refractivity contribution is -0.137. The van der Waals surface area contributed by atoms with Crippen LogP contribution in [-0.4, -0.2) is 21.1 Å². The number of aromatic nitrogens is 2. The van der Waals surface area contributed by atoms with Crippen LogP contribution in [0.4, 0.5) is 19.1 Å². The fourth-order valence-electron chi connectivity index (χ4n) is 2.05. The molecule has 1 aromatic heterocycles. The van der Waals surface area contributed by atoms with Gasteiger partial charge in [0.25, 0.3) is 0 Å². The molecule has 0 atom stereocenters. The molecule has 8 heteroatoms. The van der Waals surface area contributed by atoms with Crippen LogP contribution in [0.5, 0.6) is 5.88 Å². The predicted octanol–water partition coefficient (Wildman–Crippen LogP) is 3.31. The summed E-state index contributed by atoms with van der Waals surface area (Å²) in [5.41, 5.74) is -0.580. The van der Waals surface area contributed by atoms with E-state index in [1.54, 1.807) is 6.07 Å². The summed E-state index contributed by atoms with van der Waals surface area (Å²) < 4.78 is 37.9. The van der Waals surface area contributed by atoms with Gasteiger partial charge in [0, 0.05) is 11.6 Å². The molecule has 118 valence electrons. The van der Waals surface area contributed by atoms with Crippen LogP contribution in [0.3, 0.4) is 0 Å². The summed E-state index contributed by atoms with van der Waals surface area (Å²) >= 11 is 0. The molecule has 1 heterocycles. The van der Waals surface area contributed by atoms with Crippen molar-refractivity contribution in [3.63, 3.8) is 0 Å². The number of aromatic hydroxyl groups is 1. The summed E-state index contributed by atoms with van der Waals surface area (Å²) in [4.78, 5) is 7.96. The molecule has 23 heavy (non-hydrogen) atoms. The van der Waals surface area contributed by atoms with Crippen molar-refractivity contribution in [2.24, 2.45) is 0 Å². The number of nitrogens with one attached hydrogen (secondary N) is 1. The van der Waals surface area contributed by atoms with Gasteiger partial charge in [-0.3, -0.25) is 0 Å². The first kappa shape index (κ1) is 15.1. The van der Waals surface area contributed by atoms with E-state index < -0.39 is 17.6 Å². The quantitative estimate of drug-likeness (QED) is 0.906. The Morgan fingerprint density at radius 1 is 1.17 bits per heavy atom. The number of anilines is 1. The summed E-state index contributed by atoms with van der Waals surface area (Å²) in [7, 11) is 0. The summed E-state index contributed by atoms with van der Waals surface area (Å²) in [5.74, 6) is -0.348. The number of halogens is 3. The summed E-state index contributed by atoms with van der Waals surface area (Å²) in [6.07, 6.45) is -2.53. The van der Waals surface area contributed by atoms with Crippen LogP contribution >= 0.6 is 0 Å². The molecule has 1 fully saturated rings. The molecule has 0 radical (unpaired) electrons. The first-order valence-electron chi connectivity index (χ1n) is 6.84. The van der Waals surface area contributed by atoms with E-state index in [0.29, 0.717) is 5.56 Å². The molecule has 5 nitrogen and oxygen atoms in total. The number of hydrogen-bond donors (Lipinski definition) is 2. The van der Waals surface area contributed by atoms with E-state index in [2.05, 4.69) is 15.3 Å². The van der Waals surface area contributed by atoms with Crippen molar-refractivity contribution in [3.8, 4) is 23.2 Å². The van der Waals surface area contributed by atoms with Gasteiger partial charge in [0.05, 0.1) is 11.3 Å². The number of nitriles is 1. The van der Waals surface area contributed by atoms with E-state index in [0.717, 1.165) is 25.0 Å². The van der Waals surface area contributed by atoms with E-state index in [4.69, 9.17) is 5.26 Å². The third kappa shape index (κ3) is 3.18. The highest BCUT2D eigenvalue weighted by molar-refractivity contribution is 5.70. The average molecular weight is 320 g/mol. The molecule has 2 aromatic rings. The molecule has 1 saturated carbocycles. The lowest BCUT2D eigenvalue weighted by Gasteiger charge is -2.10. The Kier molecular flexibility index (Phi) is 3.56. The highest BCUT2D eigenvalue weighted by Gasteiger charge is 2.30. The van der Waals surface area contributed by atoms with Crippen LogP contribution in [0.1, 0.15) is 24.0 Å². The Bertz CT molecular complexity index is 777. The molecule has 0 aliphatic heterocycles. The number of rotatable bonds is 3. The van der Waals surface area contributed by atoms with Crippen LogP contribution in [0.2, 0.25) is 0 Å². The SMILES string of the molecule is N#Cc1c(O)nc(NC2CC2)nc1-c1ccc(C(F)(F)F)cc1. The summed E-state index contributed by atoms with van der Waals surface area (Å²) in [5, 5.41) is 22.0. The highest BCUT2D eigenvalue weighted by Crippen LogP contribution is 2.33. The minimum Gasteiger partial charge on any atom is -0.492 e. The minimum atomic E-state index is -4.44. The first-order chi connectivity index (χ1) is 10.9. The van der Waals surface area contributed by atoms with Crippen molar-refractivity contribution in [3.05, 3.63) is 35.4 Å². The molecular formula is C15H11F3N4O.